The molecular formula is C32H39N3O5. The van der Waals surface area contributed by atoms with Gasteiger partial charge < -0.3 is 25.5 Å². The van der Waals surface area contributed by atoms with Crippen molar-refractivity contribution < 1.29 is 24.2 Å². The standard InChI is InChI=1S/C32H39N3O5/c1-3-5-16-31(38)40-22-27(18-25-20-33-29-15-10-9-14-28(25)29)35-32(39)24(11-4-2)19-30(37)34-26(21-36)17-23-12-7-6-8-13-23/h3-4,6-10,12-15,20,24,26-27,33,36H,1-2,5,11,16-19,21-22H2,(H,34,37)(H,35,39)/t24-,26+,27+/m1/s1. The Morgan fingerprint density at radius 3 is 2.42 bits per heavy atom. The van der Waals surface area contributed by atoms with Crippen LogP contribution >= 0.6 is 0 Å². The molecule has 4 N–H and O–H groups in total. The Morgan fingerprint density at radius 1 is 0.950 bits per heavy atom. The first-order chi connectivity index (χ1) is 19.4. The number of benzene rings is 2. The minimum atomic E-state index is -0.671. The number of aliphatic hydroxyl groups excluding tert-OH is 1. The van der Waals surface area contributed by atoms with Crippen LogP contribution in [0, 0.1) is 5.92 Å². The molecule has 3 atom stereocenters. The Morgan fingerprint density at radius 2 is 1.70 bits per heavy atom. The van der Waals surface area contributed by atoms with Gasteiger partial charge in [-0.2, -0.15) is 0 Å². The second-order valence-electron chi connectivity index (χ2n) is 9.84. The number of H-pyrrole nitrogens is 1. The van der Waals surface area contributed by atoms with Gasteiger partial charge in [0, 0.05) is 29.9 Å². The highest BCUT2D eigenvalue weighted by atomic mass is 16.5. The zero-order chi connectivity index (χ0) is 28.7. The number of aromatic nitrogens is 1. The third-order valence-electron chi connectivity index (χ3n) is 6.65. The monoisotopic (exact) mass is 545 g/mol. The van der Waals surface area contributed by atoms with Crippen LogP contribution in [0.5, 0.6) is 0 Å². The van der Waals surface area contributed by atoms with Crippen LogP contribution in [0.3, 0.4) is 0 Å². The van der Waals surface area contributed by atoms with E-state index < -0.39 is 18.0 Å². The zero-order valence-corrected chi connectivity index (χ0v) is 22.8. The summed E-state index contributed by atoms with van der Waals surface area (Å²) in [6.45, 7) is 7.16. The van der Waals surface area contributed by atoms with Gasteiger partial charge in [0.2, 0.25) is 11.8 Å². The first-order valence-corrected chi connectivity index (χ1v) is 13.6. The summed E-state index contributed by atoms with van der Waals surface area (Å²) in [5, 5.41) is 16.7. The van der Waals surface area contributed by atoms with Gasteiger partial charge in [-0.25, -0.2) is 0 Å². The maximum Gasteiger partial charge on any atom is 0.306 e. The molecular weight excluding hydrogens is 506 g/mol. The predicted octanol–water partition coefficient (Wildman–Crippen LogP) is 4.01. The number of para-hydroxylation sites is 1. The Labute approximate surface area is 235 Å². The van der Waals surface area contributed by atoms with Gasteiger partial charge in [-0.05, 0) is 42.9 Å². The Kier molecular flexibility index (Phi) is 12.2. The Balaban J connectivity index is 1.66. The quantitative estimate of drug-likeness (QED) is 0.151. The first-order valence-electron chi connectivity index (χ1n) is 13.6. The number of hydrogen-bond donors (Lipinski definition) is 4. The lowest BCUT2D eigenvalue weighted by atomic mass is 9.97. The minimum Gasteiger partial charge on any atom is -0.463 e. The maximum atomic E-state index is 13.4. The molecule has 3 rings (SSSR count). The van der Waals surface area contributed by atoms with Crippen LogP contribution in [-0.2, 0) is 32.0 Å². The lowest BCUT2D eigenvalue weighted by molar-refractivity contribution is -0.145. The van der Waals surface area contributed by atoms with Crippen molar-refractivity contribution in [3.05, 3.63) is 97.2 Å². The number of carbonyl (C=O) groups excluding carboxylic acids is 3. The molecule has 8 nitrogen and oxygen atoms in total. The van der Waals surface area contributed by atoms with Gasteiger partial charge in [0.05, 0.1) is 24.6 Å². The minimum absolute atomic E-state index is 0.00209. The lowest BCUT2D eigenvalue weighted by Gasteiger charge is -2.23. The molecule has 40 heavy (non-hydrogen) atoms. The van der Waals surface area contributed by atoms with E-state index in [2.05, 4.69) is 28.8 Å². The second kappa shape index (κ2) is 16.1. The van der Waals surface area contributed by atoms with Crippen LogP contribution in [0.1, 0.15) is 36.8 Å². The molecule has 0 spiro atoms. The molecule has 1 heterocycles. The summed E-state index contributed by atoms with van der Waals surface area (Å²) in [6.07, 6.45) is 7.00. The van der Waals surface area contributed by atoms with Crippen LogP contribution in [0.15, 0.2) is 86.1 Å². The number of aliphatic hydroxyl groups is 1. The van der Waals surface area contributed by atoms with Crippen molar-refractivity contribution in [1.82, 2.24) is 15.6 Å². The van der Waals surface area contributed by atoms with Crippen molar-refractivity contribution in [2.24, 2.45) is 5.92 Å². The molecule has 0 saturated carbocycles. The molecule has 2 amide bonds. The van der Waals surface area contributed by atoms with Crippen molar-refractivity contribution in [1.29, 1.82) is 0 Å². The topological polar surface area (TPSA) is 121 Å². The van der Waals surface area contributed by atoms with Crippen molar-refractivity contribution in [2.75, 3.05) is 13.2 Å². The molecule has 212 valence electrons. The van der Waals surface area contributed by atoms with E-state index in [0.29, 0.717) is 25.7 Å². The van der Waals surface area contributed by atoms with Crippen molar-refractivity contribution in [2.45, 2.75) is 50.6 Å². The molecule has 0 radical (unpaired) electrons. The van der Waals surface area contributed by atoms with E-state index in [0.717, 1.165) is 22.0 Å². The van der Waals surface area contributed by atoms with Gasteiger partial charge in [-0.1, -0.05) is 60.7 Å². The normalized spacial score (nSPS) is 13.1. The van der Waals surface area contributed by atoms with E-state index in [9.17, 15) is 19.5 Å². The third kappa shape index (κ3) is 9.54. The van der Waals surface area contributed by atoms with Crippen LogP contribution < -0.4 is 10.6 Å². The zero-order valence-electron chi connectivity index (χ0n) is 22.8. The summed E-state index contributed by atoms with van der Waals surface area (Å²) in [7, 11) is 0. The first kappa shape index (κ1) is 30.4. The molecule has 0 saturated heterocycles. The van der Waals surface area contributed by atoms with E-state index >= 15 is 0 Å². The number of aromatic amines is 1. The number of esters is 1. The molecule has 0 aliphatic heterocycles. The Hall–Kier alpha value is -4.17. The van der Waals surface area contributed by atoms with Crippen LogP contribution in [-0.4, -0.2) is 53.2 Å². The largest absolute Gasteiger partial charge is 0.463 e. The number of nitrogens with one attached hydrogen (secondary N) is 3. The molecule has 3 aromatic rings. The van der Waals surface area contributed by atoms with E-state index in [1.807, 2.05) is 60.8 Å². The molecule has 0 aliphatic carbocycles. The summed E-state index contributed by atoms with van der Waals surface area (Å²) in [6, 6.07) is 16.5. The number of rotatable bonds is 17. The molecule has 0 fully saturated rings. The molecule has 1 aromatic heterocycles. The smallest absolute Gasteiger partial charge is 0.306 e. The second-order valence-corrected chi connectivity index (χ2v) is 9.84. The molecule has 0 bridgehead atoms. The molecule has 2 aromatic carbocycles. The number of fused-ring (bicyclic) bond motifs is 1. The summed E-state index contributed by atoms with van der Waals surface area (Å²) in [5.74, 6) is -1.70. The summed E-state index contributed by atoms with van der Waals surface area (Å²) >= 11 is 0. The fraction of sp³-hybridized carbons (Fsp3) is 0.344. The molecule has 8 heteroatoms. The Bertz CT molecular complexity index is 1270. The number of amides is 2. The van der Waals surface area contributed by atoms with Gasteiger partial charge in [0.15, 0.2) is 0 Å². The average Bonchev–Trinajstić information content (AvgIpc) is 3.37. The number of carbonyl (C=O) groups is 3. The number of hydrogen-bond acceptors (Lipinski definition) is 5. The molecule has 0 unspecified atom stereocenters. The van der Waals surface area contributed by atoms with Gasteiger partial charge in [0.1, 0.15) is 6.61 Å². The van der Waals surface area contributed by atoms with E-state index in [4.69, 9.17) is 4.74 Å². The fourth-order valence-electron chi connectivity index (χ4n) is 4.58. The third-order valence-corrected chi connectivity index (χ3v) is 6.65. The summed E-state index contributed by atoms with van der Waals surface area (Å²) in [4.78, 5) is 41.7. The summed E-state index contributed by atoms with van der Waals surface area (Å²) < 4.78 is 5.47. The summed E-state index contributed by atoms with van der Waals surface area (Å²) in [5.41, 5.74) is 2.94. The van der Waals surface area contributed by atoms with Crippen molar-refractivity contribution >= 4 is 28.7 Å². The number of allylic oxidation sites excluding steroid dienone is 2. The number of ether oxygens (including phenoxy) is 1. The fourth-order valence-corrected chi connectivity index (χ4v) is 4.58. The van der Waals surface area contributed by atoms with Crippen LogP contribution in [0.4, 0.5) is 0 Å². The van der Waals surface area contributed by atoms with Gasteiger partial charge in [-0.3, -0.25) is 14.4 Å². The van der Waals surface area contributed by atoms with Crippen LogP contribution in [0.2, 0.25) is 0 Å². The van der Waals surface area contributed by atoms with Crippen molar-refractivity contribution in [3.63, 3.8) is 0 Å². The highest BCUT2D eigenvalue weighted by Crippen LogP contribution is 2.20. The van der Waals surface area contributed by atoms with E-state index in [1.54, 1.807) is 12.2 Å². The molecule has 0 aliphatic rings. The van der Waals surface area contributed by atoms with E-state index in [1.165, 1.54) is 0 Å². The highest BCUT2D eigenvalue weighted by Gasteiger charge is 2.26. The average molecular weight is 546 g/mol. The van der Waals surface area contributed by atoms with Crippen molar-refractivity contribution in [3.8, 4) is 0 Å². The highest BCUT2D eigenvalue weighted by molar-refractivity contribution is 5.86. The lowest BCUT2D eigenvalue weighted by Crippen LogP contribution is -2.45. The predicted molar refractivity (Wildman–Crippen MR) is 156 cm³/mol. The SMILES string of the molecule is C=CCCC(=O)OC[C@H](Cc1c[nH]c2ccccc12)NC(=O)[C@H](CC=C)CC(=O)N[C@H](CO)Cc1ccccc1. The van der Waals surface area contributed by atoms with Gasteiger partial charge >= 0.3 is 5.97 Å². The van der Waals surface area contributed by atoms with E-state index in [-0.39, 0.29) is 43.8 Å². The van der Waals surface area contributed by atoms with Gasteiger partial charge in [0.25, 0.3) is 0 Å². The van der Waals surface area contributed by atoms with Gasteiger partial charge in [-0.15, -0.1) is 13.2 Å². The van der Waals surface area contributed by atoms with Crippen LogP contribution in [0.25, 0.3) is 10.9 Å². The maximum absolute atomic E-state index is 13.4.